The molecular formula is C14H20N2O4. The van der Waals surface area contributed by atoms with E-state index in [-0.39, 0.29) is 0 Å². The molecule has 0 heterocycles. The number of carbonyl (C=O) groups is 2. The molecule has 3 N–H and O–H groups in total. The second kappa shape index (κ2) is 6.38. The molecule has 0 aliphatic carbocycles. The first kappa shape index (κ1) is 16.0. The number of ether oxygens (including phenoxy) is 2. The van der Waals surface area contributed by atoms with Crippen LogP contribution >= 0.6 is 0 Å². The molecule has 0 saturated carbocycles. The molecule has 2 amide bonds. The normalized spacial score (nSPS) is 12.6. The second-order valence-electron chi connectivity index (χ2n) is 5.27. The average molecular weight is 280 g/mol. The van der Waals surface area contributed by atoms with Gasteiger partial charge in [0.25, 0.3) is 5.91 Å². The number of benzene rings is 1. The number of primary amides is 1. The lowest BCUT2D eigenvalue weighted by molar-refractivity contribution is -0.128. The Balaban J connectivity index is 2.72. The van der Waals surface area contributed by atoms with Gasteiger partial charge in [0.15, 0.2) is 6.10 Å². The third-order valence-corrected chi connectivity index (χ3v) is 2.35. The highest BCUT2D eigenvalue weighted by molar-refractivity contribution is 5.85. The Morgan fingerprint density at radius 1 is 1.20 bits per heavy atom. The Kier molecular flexibility index (Phi) is 5.10. The molecule has 0 saturated heterocycles. The van der Waals surface area contributed by atoms with Gasteiger partial charge in [-0.1, -0.05) is 12.1 Å². The van der Waals surface area contributed by atoms with Crippen molar-refractivity contribution in [1.82, 2.24) is 0 Å². The van der Waals surface area contributed by atoms with Gasteiger partial charge in [-0.3, -0.25) is 10.1 Å². The summed E-state index contributed by atoms with van der Waals surface area (Å²) in [5.74, 6) is -0.569. The molecule has 0 bridgehead atoms. The molecule has 1 aromatic rings. The van der Waals surface area contributed by atoms with E-state index in [2.05, 4.69) is 5.32 Å². The predicted molar refractivity (Wildman–Crippen MR) is 75.2 cm³/mol. The number of methoxy groups -OCH3 is 1. The molecule has 0 aliphatic heterocycles. The summed E-state index contributed by atoms with van der Waals surface area (Å²) >= 11 is 0. The van der Waals surface area contributed by atoms with E-state index in [9.17, 15) is 9.59 Å². The van der Waals surface area contributed by atoms with Crippen LogP contribution in [-0.2, 0) is 14.3 Å². The molecule has 1 aromatic carbocycles. The molecule has 0 aromatic heterocycles. The van der Waals surface area contributed by atoms with Crippen LogP contribution < -0.4 is 11.1 Å². The number of carbonyl (C=O) groups excluding carboxylic acids is 2. The van der Waals surface area contributed by atoms with Crippen molar-refractivity contribution < 1.29 is 19.1 Å². The van der Waals surface area contributed by atoms with Crippen molar-refractivity contribution in [2.45, 2.75) is 32.5 Å². The minimum atomic E-state index is -0.800. The van der Waals surface area contributed by atoms with Crippen LogP contribution in [0.25, 0.3) is 0 Å². The van der Waals surface area contributed by atoms with Gasteiger partial charge in [-0.15, -0.1) is 0 Å². The van der Waals surface area contributed by atoms with E-state index in [1.54, 1.807) is 45.0 Å². The van der Waals surface area contributed by atoms with E-state index in [0.29, 0.717) is 11.3 Å². The van der Waals surface area contributed by atoms with E-state index in [1.807, 2.05) is 0 Å². The summed E-state index contributed by atoms with van der Waals surface area (Å²) in [6.07, 6.45) is -1.34. The topological polar surface area (TPSA) is 90.6 Å². The summed E-state index contributed by atoms with van der Waals surface area (Å²) in [5.41, 5.74) is 5.83. The lowest BCUT2D eigenvalue weighted by atomic mass is 10.1. The van der Waals surface area contributed by atoms with Crippen LogP contribution in [0.2, 0.25) is 0 Å². The number of hydrogen-bond acceptors (Lipinski definition) is 4. The molecule has 6 heteroatoms. The summed E-state index contributed by atoms with van der Waals surface area (Å²) in [5, 5.41) is 2.59. The van der Waals surface area contributed by atoms with Crippen molar-refractivity contribution in [1.29, 1.82) is 0 Å². The number of rotatable bonds is 4. The molecule has 0 spiro atoms. The van der Waals surface area contributed by atoms with Crippen molar-refractivity contribution in [2.24, 2.45) is 5.73 Å². The Bertz CT molecular complexity index is 477. The van der Waals surface area contributed by atoms with Crippen LogP contribution in [0.1, 0.15) is 32.4 Å². The first-order valence-corrected chi connectivity index (χ1v) is 6.15. The summed E-state index contributed by atoms with van der Waals surface area (Å²) in [7, 11) is 1.41. The molecule has 0 fully saturated rings. The zero-order valence-electron chi connectivity index (χ0n) is 12.1. The fourth-order valence-electron chi connectivity index (χ4n) is 1.58. The highest BCUT2D eigenvalue weighted by Crippen LogP contribution is 2.19. The zero-order valence-corrected chi connectivity index (χ0v) is 12.1. The third kappa shape index (κ3) is 4.89. The monoisotopic (exact) mass is 280 g/mol. The van der Waals surface area contributed by atoms with Crippen LogP contribution in [-0.4, -0.2) is 24.7 Å². The maximum absolute atomic E-state index is 11.6. The van der Waals surface area contributed by atoms with Gasteiger partial charge in [0.05, 0.1) is 0 Å². The number of anilines is 1. The first-order chi connectivity index (χ1) is 9.23. The van der Waals surface area contributed by atoms with E-state index >= 15 is 0 Å². The van der Waals surface area contributed by atoms with Crippen LogP contribution in [0.4, 0.5) is 10.5 Å². The van der Waals surface area contributed by atoms with Gasteiger partial charge < -0.3 is 15.2 Å². The van der Waals surface area contributed by atoms with Crippen LogP contribution in [0, 0.1) is 0 Å². The SMILES string of the molecule is COC(C(N)=O)c1ccc(NC(=O)OC(C)(C)C)cc1. The van der Waals surface area contributed by atoms with Crippen molar-refractivity contribution in [3.05, 3.63) is 29.8 Å². The van der Waals surface area contributed by atoms with E-state index in [1.165, 1.54) is 7.11 Å². The number of nitrogens with two attached hydrogens (primary N) is 1. The second-order valence-corrected chi connectivity index (χ2v) is 5.27. The summed E-state index contributed by atoms with van der Waals surface area (Å²) in [4.78, 5) is 22.7. The molecule has 0 radical (unpaired) electrons. The quantitative estimate of drug-likeness (QED) is 0.884. The van der Waals surface area contributed by atoms with E-state index in [0.717, 1.165) is 0 Å². The maximum atomic E-state index is 11.6. The number of amides is 2. The highest BCUT2D eigenvalue weighted by Gasteiger charge is 2.18. The average Bonchev–Trinajstić information content (AvgIpc) is 2.29. The van der Waals surface area contributed by atoms with Gasteiger partial charge >= 0.3 is 6.09 Å². The summed E-state index contributed by atoms with van der Waals surface area (Å²) in [6.45, 7) is 5.35. The van der Waals surface area contributed by atoms with Gasteiger partial charge in [-0.2, -0.15) is 0 Å². The molecule has 110 valence electrons. The maximum Gasteiger partial charge on any atom is 0.412 e. The standard InChI is InChI=1S/C14H20N2O4/c1-14(2,3)20-13(18)16-10-7-5-9(6-8-10)11(19-4)12(15)17/h5-8,11H,1-4H3,(H2,15,17)(H,16,18). The van der Waals surface area contributed by atoms with Crippen molar-refractivity contribution >= 4 is 17.7 Å². The van der Waals surface area contributed by atoms with Crippen molar-refractivity contribution in [2.75, 3.05) is 12.4 Å². The zero-order chi connectivity index (χ0) is 15.3. The van der Waals surface area contributed by atoms with Gasteiger partial charge in [-0.05, 0) is 38.5 Å². The Labute approximate surface area is 118 Å². The van der Waals surface area contributed by atoms with Crippen LogP contribution in [0.3, 0.4) is 0 Å². The van der Waals surface area contributed by atoms with Crippen LogP contribution in [0.15, 0.2) is 24.3 Å². The van der Waals surface area contributed by atoms with Crippen molar-refractivity contribution in [3.8, 4) is 0 Å². The lowest BCUT2D eigenvalue weighted by Gasteiger charge is -2.19. The van der Waals surface area contributed by atoms with Gasteiger partial charge in [0, 0.05) is 12.8 Å². The van der Waals surface area contributed by atoms with E-state index in [4.69, 9.17) is 15.2 Å². The fourth-order valence-corrected chi connectivity index (χ4v) is 1.58. The number of nitrogens with one attached hydrogen (secondary N) is 1. The Hall–Kier alpha value is -2.08. The Morgan fingerprint density at radius 3 is 2.15 bits per heavy atom. The smallest absolute Gasteiger partial charge is 0.412 e. The molecule has 1 unspecified atom stereocenters. The highest BCUT2D eigenvalue weighted by atomic mass is 16.6. The lowest BCUT2D eigenvalue weighted by Crippen LogP contribution is -2.27. The predicted octanol–water partition coefficient (Wildman–Crippen LogP) is 2.21. The number of hydrogen-bond donors (Lipinski definition) is 2. The molecule has 1 atom stereocenters. The van der Waals surface area contributed by atoms with Gasteiger partial charge in [-0.25, -0.2) is 4.79 Å². The Morgan fingerprint density at radius 2 is 1.75 bits per heavy atom. The molecule has 1 rings (SSSR count). The van der Waals surface area contributed by atoms with E-state index < -0.39 is 23.7 Å². The molecular weight excluding hydrogens is 260 g/mol. The van der Waals surface area contributed by atoms with Gasteiger partial charge in [0.2, 0.25) is 0 Å². The summed E-state index contributed by atoms with van der Waals surface area (Å²) < 4.78 is 10.1. The minimum Gasteiger partial charge on any atom is -0.444 e. The van der Waals surface area contributed by atoms with Crippen molar-refractivity contribution in [3.63, 3.8) is 0 Å². The molecule has 20 heavy (non-hydrogen) atoms. The fraction of sp³-hybridized carbons (Fsp3) is 0.429. The minimum absolute atomic E-state index is 0.538. The van der Waals surface area contributed by atoms with Crippen LogP contribution in [0.5, 0.6) is 0 Å². The summed E-state index contributed by atoms with van der Waals surface area (Å²) in [6, 6.07) is 6.61. The molecule has 6 nitrogen and oxygen atoms in total. The third-order valence-electron chi connectivity index (χ3n) is 2.35. The molecule has 0 aliphatic rings. The van der Waals surface area contributed by atoms with Gasteiger partial charge in [0.1, 0.15) is 5.60 Å². The largest absolute Gasteiger partial charge is 0.444 e. The first-order valence-electron chi connectivity index (χ1n) is 6.15.